The number of alkyl halides is 2. The Bertz CT molecular complexity index is 1430. The third kappa shape index (κ3) is 5.90. The summed E-state index contributed by atoms with van der Waals surface area (Å²) in [5.74, 6) is 0. The highest BCUT2D eigenvalue weighted by atomic mass is 35.5. The molecule has 3 aliphatic heterocycles. The van der Waals surface area contributed by atoms with Crippen molar-refractivity contribution >= 4 is 17.3 Å². The molecule has 12 heteroatoms. The van der Waals surface area contributed by atoms with Gasteiger partial charge in [0.2, 0.25) is 0 Å². The van der Waals surface area contributed by atoms with Gasteiger partial charge in [0.1, 0.15) is 5.02 Å². The highest BCUT2D eigenvalue weighted by Gasteiger charge is 2.30. The Hall–Kier alpha value is -2.86. The van der Waals surface area contributed by atoms with Crippen LogP contribution in [0.25, 0.3) is 0 Å². The summed E-state index contributed by atoms with van der Waals surface area (Å²) in [6, 6.07) is 6.67. The van der Waals surface area contributed by atoms with Gasteiger partial charge in [0, 0.05) is 75.7 Å². The largest absolute Gasteiger partial charge is 0.364 e. The second kappa shape index (κ2) is 12.2. The van der Waals surface area contributed by atoms with Crippen LogP contribution in [-0.2, 0) is 30.8 Å². The molecule has 0 aliphatic carbocycles. The summed E-state index contributed by atoms with van der Waals surface area (Å²) in [6.45, 7) is 6.53. The summed E-state index contributed by atoms with van der Waals surface area (Å²) in [4.78, 5) is 20.0. The third-order valence-corrected chi connectivity index (χ3v) is 8.85. The molecule has 0 saturated carbocycles. The van der Waals surface area contributed by atoms with Gasteiger partial charge in [-0.05, 0) is 31.9 Å². The SMILES string of the molecule is CN1CCN(Cc2nn(Cc3ccccc3C(F)F)c3c2CN(c2cnn(C4CCCCO4)c(=O)c2Cl)CC3)CC1. The zero-order chi connectivity index (χ0) is 28.5. The Balaban J connectivity index is 1.31. The Morgan fingerprint density at radius 1 is 1.10 bits per heavy atom. The molecule has 1 atom stereocenters. The van der Waals surface area contributed by atoms with Crippen LogP contribution in [0.5, 0.6) is 0 Å². The van der Waals surface area contributed by atoms with Gasteiger partial charge in [0.05, 0.1) is 24.1 Å². The van der Waals surface area contributed by atoms with Gasteiger partial charge in [-0.15, -0.1) is 0 Å². The number of aromatic nitrogens is 4. The first-order chi connectivity index (χ1) is 19.9. The van der Waals surface area contributed by atoms with Crippen LogP contribution < -0.4 is 10.5 Å². The number of nitrogens with zero attached hydrogens (tertiary/aromatic N) is 7. The third-order valence-electron chi connectivity index (χ3n) is 8.49. The second-order valence-corrected chi connectivity index (χ2v) is 11.6. The Morgan fingerprint density at radius 3 is 2.66 bits per heavy atom. The van der Waals surface area contributed by atoms with E-state index in [1.807, 2.05) is 4.68 Å². The number of anilines is 1. The van der Waals surface area contributed by atoms with Gasteiger partial charge in [-0.2, -0.15) is 14.9 Å². The number of ether oxygens (including phenoxy) is 1. The molecule has 9 nitrogen and oxygen atoms in total. The number of benzene rings is 1. The molecular weight excluding hydrogens is 552 g/mol. The molecule has 3 aromatic rings. The van der Waals surface area contributed by atoms with Crippen LogP contribution >= 0.6 is 11.6 Å². The summed E-state index contributed by atoms with van der Waals surface area (Å²) in [6.07, 6.45) is 2.07. The summed E-state index contributed by atoms with van der Waals surface area (Å²) in [5.41, 5.74) is 3.91. The molecular formula is C29H36ClF2N7O2. The molecule has 2 fully saturated rings. The fourth-order valence-corrected chi connectivity index (χ4v) is 6.33. The van der Waals surface area contributed by atoms with Crippen LogP contribution in [0.2, 0.25) is 5.02 Å². The lowest BCUT2D eigenvalue weighted by atomic mass is 10.0. The zero-order valence-corrected chi connectivity index (χ0v) is 24.1. The monoisotopic (exact) mass is 587 g/mol. The van der Waals surface area contributed by atoms with E-state index in [0.29, 0.717) is 43.9 Å². The fraction of sp³-hybridized carbons (Fsp3) is 0.552. The predicted molar refractivity (Wildman–Crippen MR) is 153 cm³/mol. The van der Waals surface area contributed by atoms with E-state index in [9.17, 15) is 13.6 Å². The average molecular weight is 588 g/mol. The van der Waals surface area contributed by atoms with Crippen molar-refractivity contribution in [3.8, 4) is 0 Å². The molecule has 6 rings (SSSR count). The lowest BCUT2D eigenvalue weighted by Gasteiger charge is -2.33. The van der Waals surface area contributed by atoms with Crippen molar-refractivity contribution in [1.82, 2.24) is 29.4 Å². The zero-order valence-electron chi connectivity index (χ0n) is 23.3. The van der Waals surface area contributed by atoms with Crippen molar-refractivity contribution in [1.29, 1.82) is 0 Å². The maximum absolute atomic E-state index is 13.8. The quantitative estimate of drug-likeness (QED) is 0.412. The summed E-state index contributed by atoms with van der Waals surface area (Å²) >= 11 is 6.67. The van der Waals surface area contributed by atoms with Crippen molar-refractivity contribution in [2.75, 3.05) is 51.3 Å². The molecule has 2 aromatic heterocycles. The molecule has 2 saturated heterocycles. The van der Waals surface area contributed by atoms with Crippen molar-refractivity contribution in [2.45, 2.75) is 58.0 Å². The molecule has 0 N–H and O–H groups in total. The molecule has 220 valence electrons. The van der Waals surface area contributed by atoms with Gasteiger partial charge in [-0.3, -0.25) is 14.4 Å². The minimum Gasteiger partial charge on any atom is -0.364 e. The van der Waals surface area contributed by atoms with Crippen LogP contribution in [0.1, 0.15) is 60.0 Å². The Kier molecular flexibility index (Phi) is 8.39. The van der Waals surface area contributed by atoms with E-state index in [-0.39, 0.29) is 28.9 Å². The molecule has 0 bridgehead atoms. The first kappa shape index (κ1) is 28.3. The van der Waals surface area contributed by atoms with Gasteiger partial charge in [0.15, 0.2) is 6.23 Å². The standard InChI is InChI=1S/C29H36ClF2N7O2/c1-35-11-13-36(14-12-35)19-23-22-18-37(25-16-33-39(29(40)27(25)30)26-8-4-5-15-41-26)10-9-24(22)38(34-23)17-20-6-2-3-7-21(20)28(31)32/h2-3,6-7,16,26,28H,4-5,8-15,17-19H2,1H3. The summed E-state index contributed by atoms with van der Waals surface area (Å²) in [7, 11) is 2.12. The Labute approximate surface area is 243 Å². The number of halogens is 3. The minimum absolute atomic E-state index is 0.0372. The second-order valence-electron chi connectivity index (χ2n) is 11.2. The maximum Gasteiger partial charge on any atom is 0.290 e. The normalized spacial score (nSPS) is 20.5. The van der Waals surface area contributed by atoms with E-state index in [1.165, 1.54) is 10.7 Å². The van der Waals surface area contributed by atoms with Gasteiger partial charge < -0.3 is 14.5 Å². The summed E-state index contributed by atoms with van der Waals surface area (Å²) in [5, 5.41) is 9.59. The van der Waals surface area contributed by atoms with Crippen LogP contribution in [0.3, 0.4) is 0 Å². The Morgan fingerprint density at radius 2 is 1.90 bits per heavy atom. The van der Waals surface area contributed by atoms with E-state index < -0.39 is 6.43 Å². The lowest BCUT2D eigenvalue weighted by molar-refractivity contribution is -0.0424. The number of hydrogen-bond donors (Lipinski definition) is 0. The molecule has 5 heterocycles. The van der Waals surface area contributed by atoms with E-state index in [2.05, 4.69) is 26.8 Å². The van der Waals surface area contributed by atoms with Crippen LogP contribution in [0.15, 0.2) is 35.3 Å². The van der Waals surface area contributed by atoms with Crippen molar-refractivity contribution in [3.63, 3.8) is 0 Å². The van der Waals surface area contributed by atoms with Crippen molar-refractivity contribution in [2.24, 2.45) is 0 Å². The molecule has 1 aromatic carbocycles. The van der Waals surface area contributed by atoms with Crippen LogP contribution in [0.4, 0.5) is 14.5 Å². The number of piperazine rings is 1. The van der Waals surface area contributed by atoms with E-state index >= 15 is 0 Å². The molecule has 0 spiro atoms. The number of hydrogen-bond acceptors (Lipinski definition) is 7. The predicted octanol–water partition coefficient (Wildman–Crippen LogP) is 4.09. The highest BCUT2D eigenvalue weighted by molar-refractivity contribution is 6.33. The van der Waals surface area contributed by atoms with Crippen LogP contribution in [0, 0.1) is 0 Å². The van der Waals surface area contributed by atoms with Gasteiger partial charge in [-0.1, -0.05) is 35.9 Å². The average Bonchev–Trinajstić information content (AvgIpc) is 3.32. The number of fused-ring (bicyclic) bond motifs is 1. The molecule has 0 amide bonds. The first-order valence-electron chi connectivity index (χ1n) is 14.4. The maximum atomic E-state index is 13.8. The minimum atomic E-state index is -2.55. The first-order valence-corrected chi connectivity index (χ1v) is 14.7. The topological polar surface area (TPSA) is 71.7 Å². The lowest BCUT2D eigenvalue weighted by Crippen LogP contribution is -2.44. The van der Waals surface area contributed by atoms with Gasteiger partial charge >= 0.3 is 0 Å². The van der Waals surface area contributed by atoms with Crippen molar-refractivity contribution < 1.29 is 13.5 Å². The number of rotatable bonds is 7. The van der Waals surface area contributed by atoms with Gasteiger partial charge in [0.25, 0.3) is 12.0 Å². The highest BCUT2D eigenvalue weighted by Crippen LogP contribution is 2.32. The fourth-order valence-electron chi connectivity index (χ4n) is 6.07. The van der Waals surface area contributed by atoms with E-state index in [0.717, 1.165) is 62.4 Å². The summed E-state index contributed by atoms with van der Waals surface area (Å²) < 4.78 is 36.6. The molecule has 1 unspecified atom stereocenters. The van der Waals surface area contributed by atoms with E-state index in [4.69, 9.17) is 21.4 Å². The van der Waals surface area contributed by atoms with Crippen molar-refractivity contribution in [3.05, 3.63) is 73.9 Å². The van der Waals surface area contributed by atoms with E-state index in [1.54, 1.807) is 24.4 Å². The molecule has 0 radical (unpaired) electrons. The molecule has 3 aliphatic rings. The van der Waals surface area contributed by atoms with Crippen LogP contribution in [-0.4, -0.2) is 75.7 Å². The molecule has 41 heavy (non-hydrogen) atoms. The smallest absolute Gasteiger partial charge is 0.290 e. The number of likely N-dealkylation sites (N-methyl/N-ethyl adjacent to an activating group) is 1. The van der Waals surface area contributed by atoms with Gasteiger partial charge in [-0.25, -0.2) is 8.78 Å².